The van der Waals surface area contributed by atoms with E-state index in [0.717, 1.165) is 11.4 Å². The van der Waals surface area contributed by atoms with Gasteiger partial charge >= 0.3 is 5.97 Å². The van der Waals surface area contributed by atoms with Crippen molar-refractivity contribution in [3.8, 4) is 0 Å². The quantitative estimate of drug-likeness (QED) is 0.664. The summed E-state index contributed by atoms with van der Waals surface area (Å²) in [6, 6.07) is -0.189. The average molecular weight is 235 g/mol. The van der Waals surface area contributed by atoms with Crippen LogP contribution in [0.15, 0.2) is 10.9 Å². The molecule has 1 atom stereocenters. The van der Waals surface area contributed by atoms with Crippen molar-refractivity contribution in [2.24, 2.45) is 0 Å². The van der Waals surface area contributed by atoms with Crippen molar-refractivity contribution in [1.29, 1.82) is 0 Å². The van der Waals surface area contributed by atoms with E-state index in [1.54, 1.807) is 6.33 Å². The van der Waals surface area contributed by atoms with Crippen LogP contribution in [0.4, 0.5) is 0 Å². The SMILES string of the molecule is O=C(O)c1noc(C2Cc3nc[nH]c3CN2)n1. The molecule has 1 aliphatic heterocycles. The van der Waals surface area contributed by atoms with E-state index in [0.29, 0.717) is 13.0 Å². The Kier molecular flexibility index (Phi) is 2.15. The molecule has 0 aliphatic carbocycles. The zero-order chi connectivity index (χ0) is 11.8. The Morgan fingerprint density at radius 2 is 2.47 bits per heavy atom. The molecular formula is C9H9N5O3. The molecule has 1 aliphatic rings. The lowest BCUT2D eigenvalue weighted by Crippen LogP contribution is -2.28. The Morgan fingerprint density at radius 1 is 1.59 bits per heavy atom. The molecule has 88 valence electrons. The fourth-order valence-electron chi connectivity index (χ4n) is 1.81. The number of hydrogen-bond donors (Lipinski definition) is 3. The van der Waals surface area contributed by atoms with Gasteiger partial charge in [0.05, 0.1) is 23.8 Å². The summed E-state index contributed by atoms with van der Waals surface area (Å²) in [5.74, 6) is -1.25. The number of nitrogens with one attached hydrogen (secondary N) is 2. The minimum atomic E-state index is -1.20. The smallest absolute Gasteiger partial charge is 0.377 e. The van der Waals surface area contributed by atoms with E-state index < -0.39 is 5.97 Å². The first-order valence-corrected chi connectivity index (χ1v) is 5.05. The predicted molar refractivity (Wildman–Crippen MR) is 53.1 cm³/mol. The lowest BCUT2D eigenvalue weighted by molar-refractivity contribution is 0.0680. The fourth-order valence-corrected chi connectivity index (χ4v) is 1.81. The number of imidazole rings is 1. The van der Waals surface area contributed by atoms with Gasteiger partial charge in [0.15, 0.2) is 0 Å². The second kappa shape index (κ2) is 3.67. The fraction of sp³-hybridized carbons (Fsp3) is 0.333. The minimum Gasteiger partial charge on any atom is -0.475 e. The van der Waals surface area contributed by atoms with Crippen LogP contribution in [-0.4, -0.2) is 31.2 Å². The van der Waals surface area contributed by atoms with Crippen molar-refractivity contribution < 1.29 is 14.4 Å². The maximum atomic E-state index is 10.6. The van der Waals surface area contributed by atoms with Crippen LogP contribution in [0.25, 0.3) is 0 Å². The number of carboxylic acids is 1. The molecule has 0 spiro atoms. The summed E-state index contributed by atoms with van der Waals surface area (Å²) in [4.78, 5) is 21.6. The first-order valence-electron chi connectivity index (χ1n) is 5.05. The zero-order valence-corrected chi connectivity index (χ0v) is 8.67. The van der Waals surface area contributed by atoms with Gasteiger partial charge in [0.25, 0.3) is 5.82 Å². The summed E-state index contributed by atoms with van der Waals surface area (Å²) in [6.45, 7) is 0.616. The van der Waals surface area contributed by atoms with Gasteiger partial charge in [0.2, 0.25) is 5.89 Å². The maximum Gasteiger partial charge on any atom is 0.377 e. The van der Waals surface area contributed by atoms with Gasteiger partial charge in [0.1, 0.15) is 0 Å². The Labute approximate surface area is 95.1 Å². The molecule has 2 aromatic rings. The molecule has 0 bridgehead atoms. The maximum absolute atomic E-state index is 10.6. The molecule has 0 aromatic carbocycles. The molecule has 8 heteroatoms. The molecule has 0 radical (unpaired) electrons. The Hall–Kier alpha value is -2.22. The molecule has 2 aromatic heterocycles. The Bertz CT molecular complexity index is 560. The minimum absolute atomic E-state index is 0.189. The average Bonchev–Trinajstić information content (AvgIpc) is 2.97. The number of aromatic carboxylic acids is 1. The largest absolute Gasteiger partial charge is 0.475 e. The Morgan fingerprint density at radius 3 is 3.24 bits per heavy atom. The van der Waals surface area contributed by atoms with E-state index in [1.807, 2.05) is 0 Å². The number of fused-ring (bicyclic) bond motifs is 1. The molecule has 0 saturated heterocycles. The van der Waals surface area contributed by atoms with E-state index >= 15 is 0 Å². The molecule has 3 N–H and O–H groups in total. The van der Waals surface area contributed by atoms with Crippen molar-refractivity contribution in [3.05, 3.63) is 29.4 Å². The van der Waals surface area contributed by atoms with E-state index in [9.17, 15) is 4.79 Å². The van der Waals surface area contributed by atoms with Crippen molar-refractivity contribution in [2.45, 2.75) is 19.0 Å². The standard InChI is InChI=1S/C9H9N5O3/c15-9(16)7-13-8(17-14-7)5-1-4-6(2-10-5)12-3-11-4/h3,5,10H,1-2H2,(H,11,12)(H,15,16). The number of carboxylic acid groups (broad SMARTS) is 1. The second-order valence-corrected chi connectivity index (χ2v) is 3.73. The third-order valence-corrected chi connectivity index (χ3v) is 2.66. The third kappa shape index (κ3) is 1.68. The molecule has 0 fully saturated rings. The molecule has 0 amide bonds. The van der Waals surface area contributed by atoms with Crippen LogP contribution in [0, 0.1) is 0 Å². The van der Waals surface area contributed by atoms with Crippen molar-refractivity contribution >= 4 is 5.97 Å². The highest BCUT2D eigenvalue weighted by Gasteiger charge is 2.26. The molecule has 3 heterocycles. The van der Waals surface area contributed by atoms with Gasteiger partial charge in [-0.05, 0) is 5.16 Å². The number of carbonyl (C=O) groups is 1. The van der Waals surface area contributed by atoms with Crippen LogP contribution < -0.4 is 5.32 Å². The summed E-state index contributed by atoms with van der Waals surface area (Å²) < 4.78 is 4.91. The van der Waals surface area contributed by atoms with Crippen LogP contribution in [0.1, 0.15) is 33.9 Å². The van der Waals surface area contributed by atoms with Gasteiger partial charge in [-0.3, -0.25) is 5.32 Å². The topological polar surface area (TPSA) is 117 Å². The van der Waals surface area contributed by atoms with E-state index in [4.69, 9.17) is 9.63 Å². The van der Waals surface area contributed by atoms with E-state index in [-0.39, 0.29) is 17.8 Å². The monoisotopic (exact) mass is 235 g/mol. The van der Waals surface area contributed by atoms with Gasteiger partial charge in [-0.2, -0.15) is 4.98 Å². The van der Waals surface area contributed by atoms with Crippen molar-refractivity contribution in [3.63, 3.8) is 0 Å². The number of H-pyrrole nitrogens is 1. The number of rotatable bonds is 2. The number of aromatic nitrogens is 4. The van der Waals surface area contributed by atoms with Gasteiger partial charge < -0.3 is 14.6 Å². The van der Waals surface area contributed by atoms with Crippen molar-refractivity contribution in [1.82, 2.24) is 25.4 Å². The van der Waals surface area contributed by atoms with E-state index in [1.165, 1.54) is 0 Å². The molecule has 3 rings (SSSR count). The summed E-state index contributed by atoms with van der Waals surface area (Å²) in [5.41, 5.74) is 1.96. The van der Waals surface area contributed by atoms with Crippen molar-refractivity contribution in [2.75, 3.05) is 0 Å². The van der Waals surface area contributed by atoms with Crippen LogP contribution in [-0.2, 0) is 13.0 Å². The lowest BCUT2D eigenvalue weighted by Gasteiger charge is -2.19. The summed E-state index contributed by atoms with van der Waals surface area (Å²) >= 11 is 0. The third-order valence-electron chi connectivity index (χ3n) is 2.66. The number of nitrogens with zero attached hydrogens (tertiary/aromatic N) is 3. The molecule has 17 heavy (non-hydrogen) atoms. The van der Waals surface area contributed by atoms with E-state index in [2.05, 4.69) is 25.4 Å². The second-order valence-electron chi connectivity index (χ2n) is 3.73. The van der Waals surface area contributed by atoms with Crippen LogP contribution in [0.3, 0.4) is 0 Å². The van der Waals surface area contributed by atoms with Crippen LogP contribution in [0.5, 0.6) is 0 Å². The number of hydrogen-bond acceptors (Lipinski definition) is 6. The first kappa shape index (κ1) is 9.97. The number of aromatic amines is 1. The Balaban J connectivity index is 1.84. The summed E-state index contributed by atoms with van der Waals surface area (Å²) in [6.07, 6.45) is 2.23. The molecule has 1 unspecified atom stereocenters. The molecular weight excluding hydrogens is 226 g/mol. The summed E-state index contributed by atoms with van der Waals surface area (Å²) in [7, 11) is 0. The zero-order valence-electron chi connectivity index (χ0n) is 8.67. The normalized spacial score (nSPS) is 18.9. The lowest BCUT2D eigenvalue weighted by atomic mass is 10.1. The highest BCUT2D eigenvalue weighted by Crippen LogP contribution is 2.22. The first-order chi connectivity index (χ1) is 8.24. The van der Waals surface area contributed by atoms with Gasteiger partial charge in [-0.15, -0.1) is 0 Å². The molecule has 0 saturated carbocycles. The van der Waals surface area contributed by atoms with Gasteiger partial charge in [-0.25, -0.2) is 9.78 Å². The highest BCUT2D eigenvalue weighted by atomic mass is 16.5. The molecule has 8 nitrogen and oxygen atoms in total. The van der Waals surface area contributed by atoms with Gasteiger partial charge in [-0.1, -0.05) is 0 Å². The van der Waals surface area contributed by atoms with Gasteiger partial charge in [0, 0.05) is 13.0 Å². The summed E-state index contributed by atoms with van der Waals surface area (Å²) in [5, 5.41) is 15.2. The highest BCUT2D eigenvalue weighted by molar-refractivity contribution is 5.82. The predicted octanol–water partition coefficient (Wildman–Crippen LogP) is -0.122. The van der Waals surface area contributed by atoms with Crippen LogP contribution in [0.2, 0.25) is 0 Å². The van der Waals surface area contributed by atoms with Crippen LogP contribution >= 0.6 is 0 Å².